The largest absolute Gasteiger partial charge is 0.497 e. The van der Waals surface area contributed by atoms with Gasteiger partial charge in [0.25, 0.3) is 0 Å². The number of likely N-dealkylation sites (N-methyl/N-ethyl adjacent to an activating group) is 1. The Morgan fingerprint density at radius 3 is 2.37 bits per heavy atom. The number of aromatic nitrogens is 4. The van der Waals surface area contributed by atoms with Gasteiger partial charge in [0, 0.05) is 12.6 Å². The number of nitrogens with zero attached hydrogens (tertiary/aromatic N) is 3. The first-order valence-electron chi connectivity index (χ1n) is 5.89. The molecule has 0 bridgehead atoms. The lowest BCUT2D eigenvalue weighted by atomic mass is 9.97. The molecule has 7 heteroatoms. The number of hydrogen-bond donors (Lipinski definition) is 2. The Morgan fingerprint density at radius 1 is 1.21 bits per heavy atom. The zero-order valence-corrected chi connectivity index (χ0v) is 11.2. The standard InChI is InChI=1S/C12H17N5O2/c1-13-7-11(12-14-16-17-15-12)8-4-9(18-2)6-10(5-8)19-3/h4-6,11,13H,7H2,1-3H3,(H,14,15,16,17). The zero-order valence-electron chi connectivity index (χ0n) is 11.2. The summed E-state index contributed by atoms with van der Waals surface area (Å²) in [6.45, 7) is 0.690. The average molecular weight is 263 g/mol. The summed E-state index contributed by atoms with van der Waals surface area (Å²) in [7, 11) is 5.13. The molecule has 1 atom stereocenters. The van der Waals surface area contributed by atoms with Crippen LogP contribution in [0.25, 0.3) is 0 Å². The summed E-state index contributed by atoms with van der Waals surface area (Å²) in [5.41, 5.74) is 1.01. The highest BCUT2D eigenvalue weighted by atomic mass is 16.5. The Hall–Kier alpha value is -2.15. The minimum atomic E-state index is -0.0206. The molecule has 0 saturated heterocycles. The van der Waals surface area contributed by atoms with Gasteiger partial charge in [0.15, 0.2) is 5.82 Å². The van der Waals surface area contributed by atoms with Crippen molar-refractivity contribution in [3.8, 4) is 11.5 Å². The van der Waals surface area contributed by atoms with Crippen molar-refractivity contribution in [2.24, 2.45) is 0 Å². The van der Waals surface area contributed by atoms with E-state index in [-0.39, 0.29) is 5.92 Å². The first kappa shape index (κ1) is 13.3. The minimum absolute atomic E-state index is 0.0206. The second-order valence-corrected chi connectivity index (χ2v) is 4.03. The summed E-state index contributed by atoms with van der Waals surface area (Å²) >= 11 is 0. The van der Waals surface area contributed by atoms with Gasteiger partial charge in [-0.15, -0.1) is 10.2 Å². The van der Waals surface area contributed by atoms with Gasteiger partial charge in [0.2, 0.25) is 0 Å². The van der Waals surface area contributed by atoms with E-state index in [9.17, 15) is 0 Å². The Morgan fingerprint density at radius 2 is 1.89 bits per heavy atom. The molecule has 1 unspecified atom stereocenters. The first-order chi connectivity index (χ1) is 9.28. The monoisotopic (exact) mass is 263 g/mol. The van der Waals surface area contributed by atoms with Crippen LogP contribution >= 0.6 is 0 Å². The minimum Gasteiger partial charge on any atom is -0.497 e. The van der Waals surface area contributed by atoms with E-state index in [1.807, 2.05) is 25.2 Å². The fourth-order valence-corrected chi connectivity index (χ4v) is 1.91. The van der Waals surface area contributed by atoms with Crippen LogP contribution < -0.4 is 14.8 Å². The number of nitrogens with one attached hydrogen (secondary N) is 2. The third kappa shape index (κ3) is 3.00. The first-order valence-corrected chi connectivity index (χ1v) is 5.89. The molecule has 1 heterocycles. The summed E-state index contributed by atoms with van der Waals surface area (Å²) in [6.07, 6.45) is 0. The van der Waals surface area contributed by atoms with E-state index in [1.54, 1.807) is 14.2 Å². The van der Waals surface area contributed by atoms with Gasteiger partial charge in [-0.2, -0.15) is 5.21 Å². The van der Waals surface area contributed by atoms with E-state index in [2.05, 4.69) is 25.9 Å². The van der Waals surface area contributed by atoms with Gasteiger partial charge < -0.3 is 14.8 Å². The maximum Gasteiger partial charge on any atom is 0.183 e. The second kappa shape index (κ2) is 6.14. The molecule has 2 aromatic rings. The quantitative estimate of drug-likeness (QED) is 0.792. The molecule has 0 aliphatic carbocycles. The van der Waals surface area contributed by atoms with E-state index < -0.39 is 0 Å². The molecule has 102 valence electrons. The van der Waals surface area contributed by atoms with Gasteiger partial charge in [-0.1, -0.05) is 5.21 Å². The van der Waals surface area contributed by atoms with Crippen LogP contribution in [-0.4, -0.2) is 48.4 Å². The van der Waals surface area contributed by atoms with Crippen molar-refractivity contribution >= 4 is 0 Å². The molecule has 2 rings (SSSR count). The lowest BCUT2D eigenvalue weighted by Crippen LogP contribution is -2.19. The van der Waals surface area contributed by atoms with Crippen molar-refractivity contribution in [3.05, 3.63) is 29.6 Å². The third-order valence-electron chi connectivity index (χ3n) is 2.86. The van der Waals surface area contributed by atoms with Crippen LogP contribution in [0, 0.1) is 0 Å². The van der Waals surface area contributed by atoms with Crippen molar-refractivity contribution < 1.29 is 9.47 Å². The van der Waals surface area contributed by atoms with Crippen molar-refractivity contribution in [1.29, 1.82) is 0 Å². The van der Waals surface area contributed by atoms with Gasteiger partial charge in [0.05, 0.1) is 20.1 Å². The molecule has 19 heavy (non-hydrogen) atoms. The highest BCUT2D eigenvalue weighted by Gasteiger charge is 2.19. The molecular weight excluding hydrogens is 246 g/mol. The Bertz CT molecular complexity index is 493. The van der Waals surface area contributed by atoms with Crippen molar-refractivity contribution in [1.82, 2.24) is 25.9 Å². The molecule has 0 spiro atoms. The van der Waals surface area contributed by atoms with Crippen LogP contribution in [0.4, 0.5) is 0 Å². The van der Waals surface area contributed by atoms with E-state index >= 15 is 0 Å². The number of benzene rings is 1. The summed E-state index contributed by atoms with van der Waals surface area (Å²) in [4.78, 5) is 0. The van der Waals surface area contributed by atoms with E-state index in [4.69, 9.17) is 9.47 Å². The predicted molar refractivity (Wildman–Crippen MR) is 69.5 cm³/mol. The van der Waals surface area contributed by atoms with Gasteiger partial charge in [0.1, 0.15) is 11.5 Å². The van der Waals surface area contributed by atoms with Gasteiger partial charge >= 0.3 is 0 Å². The van der Waals surface area contributed by atoms with Crippen LogP contribution in [0.1, 0.15) is 17.3 Å². The number of ether oxygens (including phenoxy) is 2. The van der Waals surface area contributed by atoms with Crippen molar-refractivity contribution in [2.45, 2.75) is 5.92 Å². The number of methoxy groups -OCH3 is 2. The topological polar surface area (TPSA) is 85.0 Å². The molecule has 2 N–H and O–H groups in total. The molecule has 7 nitrogen and oxygen atoms in total. The van der Waals surface area contributed by atoms with E-state index in [0.29, 0.717) is 12.4 Å². The summed E-state index contributed by atoms with van der Waals surface area (Å²) in [5, 5.41) is 17.3. The molecule has 0 aliphatic heterocycles. The smallest absolute Gasteiger partial charge is 0.183 e. The third-order valence-corrected chi connectivity index (χ3v) is 2.86. The Kier molecular flexibility index (Phi) is 4.30. The molecule has 0 radical (unpaired) electrons. The molecular formula is C12H17N5O2. The fraction of sp³-hybridized carbons (Fsp3) is 0.417. The lowest BCUT2D eigenvalue weighted by Gasteiger charge is -2.15. The molecule has 0 amide bonds. The van der Waals surface area contributed by atoms with Crippen LogP contribution in [-0.2, 0) is 0 Å². The second-order valence-electron chi connectivity index (χ2n) is 4.03. The molecule has 1 aromatic heterocycles. The molecule has 0 saturated carbocycles. The predicted octanol–water partition coefficient (Wildman–Crippen LogP) is 0.568. The van der Waals surface area contributed by atoms with Crippen LogP contribution in [0.5, 0.6) is 11.5 Å². The average Bonchev–Trinajstić information content (AvgIpc) is 2.97. The number of tetrazole rings is 1. The normalized spacial score (nSPS) is 12.2. The number of hydrogen-bond acceptors (Lipinski definition) is 6. The van der Waals surface area contributed by atoms with Crippen LogP contribution in [0.2, 0.25) is 0 Å². The molecule has 1 aromatic carbocycles. The zero-order chi connectivity index (χ0) is 13.7. The summed E-state index contributed by atoms with van der Waals surface area (Å²) < 4.78 is 10.6. The fourth-order valence-electron chi connectivity index (χ4n) is 1.91. The van der Waals surface area contributed by atoms with Crippen LogP contribution in [0.3, 0.4) is 0 Å². The Labute approximate surface area is 111 Å². The van der Waals surface area contributed by atoms with Crippen molar-refractivity contribution in [2.75, 3.05) is 27.8 Å². The highest BCUT2D eigenvalue weighted by molar-refractivity contribution is 5.41. The molecule has 0 aliphatic rings. The lowest BCUT2D eigenvalue weighted by molar-refractivity contribution is 0.393. The van der Waals surface area contributed by atoms with Gasteiger partial charge in [-0.05, 0) is 24.7 Å². The van der Waals surface area contributed by atoms with Gasteiger partial charge in [-0.3, -0.25) is 0 Å². The SMILES string of the molecule is CNCC(c1cc(OC)cc(OC)c1)c1nn[nH]n1. The van der Waals surface area contributed by atoms with Gasteiger partial charge in [-0.25, -0.2) is 0 Å². The van der Waals surface area contributed by atoms with E-state index in [0.717, 1.165) is 17.1 Å². The molecule has 0 fully saturated rings. The number of aromatic amines is 1. The number of rotatable bonds is 6. The van der Waals surface area contributed by atoms with E-state index in [1.165, 1.54) is 0 Å². The summed E-state index contributed by atoms with van der Waals surface area (Å²) in [5.74, 6) is 2.08. The van der Waals surface area contributed by atoms with Crippen LogP contribution in [0.15, 0.2) is 18.2 Å². The highest BCUT2D eigenvalue weighted by Crippen LogP contribution is 2.29. The van der Waals surface area contributed by atoms with Crippen molar-refractivity contribution in [3.63, 3.8) is 0 Å². The maximum absolute atomic E-state index is 5.28. The maximum atomic E-state index is 5.28. The number of H-pyrrole nitrogens is 1. The Balaban J connectivity index is 2.41. The summed E-state index contributed by atoms with van der Waals surface area (Å²) in [6, 6.07) is 5.72.